The summed E-state index contributed by atoms with van der Waals surface area (Å²) in [7, 11) is 0. The normalized spacial score (nSPS) is 28.8. The minimum absolute atomic E-state index is 0.369. The van der Waals surface area contributed by atoms with Crippen LogP contribution in [0, 0.1) is 17.8 Å². The molecule has 3 rings (SSSR count). The molecule has 104 valence electrons. The van der Waals surface area contributed by atoms with E-state index in [4.69, 9.17) is 0 Å². The first-order chi connectivity index (χ1) is 9.26. The predicted molar refractivity (Wildman–Crippen MR) is 79.0 cm³/mol. The Balaban J connectivity index is 1.56. The Morgan fingerprint density at radius 3 is 2.89 bits per heavy atom. The maximum Gasteiger partial charge on any atom is 0.223 e. The maximum atomic E-state index is 12.5. The van der Waals surface area contributed by atoms with Crippen LogP contribution in [0.5, 0.6) is 0 Å². The van der Waals surface area contributed by atoms with Gasteiger partial charge in [0.2, 0.25) is 5.91 Å². The molecule has 3 atom stereocenters. The van der Waals surface area contributed by atoms with Crippen molar-refractivity contribution >= 4 is 17.2 Å². The van der Waals surface area contributed by atoms with Gasteiger partial charge in [-0.3, -0.25) is 4.79 Å². The summed E-state index contributed by atoms with van der Waals surface area (Å²) in [6, 6.07) is 4.19. The molecular weight excluding hydrogens is 254 g/mol. The van der Waals surface area contributed by atoms with E-state index in [1.165, 1.54) is 30.6 Å². The number of hydrogen-bond acceptors (Lipinski definition) is 2. The van der Waals surface area contributed by atoms with E-state index in [0.29, 0.717) is 11.8 Å². The van der Waals surface area contributed by atoms with Crippen molar-refractivity contribution in [3.05, 3.63) is 22.4 Å². The number of carbonyl (C=O) groups is 1. The van der Waals surface area contributed by atoms with Crippen molar-refractivity contribution in [2.24, 2.45) is 17.8 Å². The summed E-state index contributed by atoms with van der Waals surface area (Å²) in [5.41, 5.74) is 0. The highest BCUT2D eigenvalue weighted by Gasteiger charge is 2.40. The largest absolute Gasteiger partial charge is 0.338 e. The van der Waals surface area contributed by atoms with Crippen LogP contribution in [0.25, 0.3) is 0 Å². The van der Waals surface area contributed by atoms with Gasteiger partial charge in [0.25, 0.3) is 0 Å². The van der Waals surface area contributed by atoms with Crippen molar-refractivity contribution in [1.29, 1.82) is 0 Å². The smallest absolute Gasteiger partial charge is 0.223 e. The lowest BCUT2D eigenvalue weighted by Crippen LogP contribution is -2.32. The molecule has 2 bridgehead atoms. The lowest BCUT2D eigenvalue weighted by Gasteiger charge is -2.26. The lowest BCUT2D eigenvalue weighted by atomic mass is 9.86. The maximum absolute atomic E-state index is 12.5. The molecule has 3 heteroatoms. The Labute approximate surface area is 119 Å². The van der Waals surface area contributed by atoms with E-state index in [1.54, 1.807) is 11.3 Å². The average Bonchev–Trinajstić information content (AvgIpc) is 3.13. The summed E-state index contributed by atoms with van der Waals surface area (Å²) in [5, 5.41) is 2.09. The van der Waals surface area contributed by atoms with Gasteiger partial charge in [-0.15, -0.1) is 11.3 Å². The van der Waals surface area contributed by atoms with E-state index in [2.05, 4.69) is 24.4 Å². The van der Waals surface area contributed by atoms with Gasteiger partial charge in [0.1, 0.15) is 0 Å². The van der Waals surface area contributed by atoms with Crippen molar-refractivity contribution in [3.63, 3.8) is 0 Å². The van der Waals surface area contributed by atoms with Crippen LogP contribution in [0.2, 0.25) is 0 Å². The Morgan fingerprint density at radius 1 is 1.42 bits per heavy atom. The molecule has 2 aliphatic carbocycles. The lowest BCUT2D eigenvalue weighted by molar-refractivity contribution is -0.133. The zero-order valence-electron chi connectivity index (χ0n) is 11.7. The molecule has 0 N–H and O–H groups in total. The van der Waals surface area contributed by atoms with E-state index < -0.39 is 0 Å². The first-order valence-corrected chi connectivity index (χ1v) is 8.44. The zero-order chi connectivity index (χ0) is 13.2. The Bertz CT molecular complexity index is 428. The molecule has 2 aliphatic rings. The van der Waals surface area contributed by atoms with Crippen LogP contribution >= 0.6 is 11.3 Å². The Morgan fingerprint density at radius 2 is 2.32 bits per heavy atom. The van der Waals surface area contributed by atoms with Crippen molar-refractivity contribution in [2.75, 3.05) is 6.54 Å². The van der Waals surface area contributed by atoms with Crippen molar-refractivity contribution in [1.82, 2.24) is 4.90 Å². The molecule has 2 saturated carbocycles. The molecule has 0 spiro atoms. The third-order valence-electron chi connectivity index (χ3n) is 4.98. The van der Waals surface area contributed by atoms with E-state index in [-0.39, 0.29) is 0 Å². The van der Waals surface area contributed by atoms with E-state index in [0.717, 1.165) is 31.3 Å². The summed E-state index contributed by atoms with van der Waals surface area (Å²) in [6.45, 7) is 3.72. The van der Waals surface area contributed by atoms with Gasteiger partial charge in [0.15, 0.2) is 0 Å². The average molecular weight is 277 g/mol. The number of thiophene rings is 1. The second-order valence-corrected chi connectivity index (χ2v) is 7.16. The standard InChI is InChI=1S/C16H23NOS/c1-2-17(11-15-4-3-7-19-15)16(18)10-14-9-12-5-6-13(14)8-12/h3-4,7,12-14H,2,5-6,8-11H2,1H3/t12-,13-,14-/m0/s1. The van der Waals surface area contributed by atoms with Crippen molar-refractivity contribution < 1.29 is 4.79 Å². The molecule has 19 heavy (non-hydrogen) atoms. The van der Waals surface area contributed by atoms with Gasteiger partial charge in [0.05, 0.1) is 6.54 Å². The van der Waals surface area contributed by atoms with Gasteiger partial charge in [-0.2, -0.15) is 0 Å². The molecule has 2 nitrogen and oxygen atoms in total. The topological polar surface area (TPSA) is 20.3 Å². The van der Waals surface area contributed by atoms with Crippen molar-refractivity contribution in [3.8, 4) is 0 Å². The fraction of sp³-hybridized carbons (Fsp3) is 0.688. The number of fused-ring (bicyclic) bond motifs is 2. The van der Waals surface area contributed by atoms with Gasteiger partial charge in [-0.05, 0) is 55.4 Å². The molecule has 0 aliphatic heterocycles. The number of amides is 1. The molecule has 0 radical (unpaired) electrons. The van der Waals surface area contributed by atoms with Gasteiger partial charge in [-0.25, -0.2) is 0 Å². The number of nitrogens with zero attached hydrogens (tertiary/aromatic N) is 1. The molecule has 1 aromatic heterocycles. The van der Waals surface area contributed by atoms with E-state index in [9.17, 15) is 4.79 Å². The zero-order valence-corrected chi connectivity index (χ0v) is 12.5. The summed E-state index contributed by atoms with van der Waals surface area (Å²) < 4.78 is 0. The SMILES string of the molecule is CCN(Cc1cccs1)C(=O)C[C@@H]1C[C@H]2CC[C@H]1C2. The minimum atomic E-state index is 0.369. The van der Waals surface area contributed by atoms with Gasteiger partial charge in [-0.1, -0.05) is 12.5 Å². The summed E-state index contributed by atoms with van der Waals surface area (Å²) in [6.07, 6.45) is 6.30. The molecule has 2 fully saturated rings. The van der Waals surface area contributed by atoms with Gasteiger partial charge < -0.3 is 4.90 Å². The molecule has 0 aromatic carbocycles. The van der Waals surface area contributed by atoms with Crippen LogP contribution in [0.3, 0.4) is 0 Å². The predicted octanol–water partition coefficient (Wildman–Crippen LogP) is 3.92. The van der Waals surface area contributed by atoms with E-state index in [1.807, 2.05) is 4.90 Å². The van der Waals surface area contributed by atoms with E-state index >= 15 is 0 Å². The van der Waals surface area contributed by atoms with Gasteiger partial charge >= 0.3 is 0 Å². The summed E-state index contributed by atoms with van der Waals surface area (Å²) >= 11 is 1.74. The summed E-state index contributed by atoms with van der Waals surface area (Å²) in [4.78, 5) is 15.8. The highest BCUT2D eigenvalue weighted by atomic mass is 32.1. The Kier molecular flexibility index (Phi) is 3.92. The first-order valence-electron chi connectivity index (χ1n) is 7.56. The fourth-order valence-corrected chi connectivity index (χ4v) is 4.67. The molecule has 1 aromatic rings. The van der Waals surface area contributed by atoms with Crippen LogP contribution in [0.1, 0.15) is 43.9 Å². The van der Waals surface area contributed by atoms with Crippen LogP contribution in [-0.4, -0.2) is 17.4 Å². The Hall–Kier alpha value is -0.830. The highest BCUT2D eigenvalue weighted by molar-refractivity contribution is 7.09. The summed E-state index contributed by atoms with van der Waals surface area (Å²) in [5.74, 6) is 2.85. The fourth-order valence-electron chi connectivity index (χ4n) is 3.95. The molecule has 1 heterocycles. The molecule has 0 unspecified atom stereocenters. The van der Waals surface area contributed by atoms with Crippen LogP contribution in [-0.2, 0) is 11.3 Å². The minimum Gasteiger partial charge on any atom is -0.338 e. The molecule has 0 saturated heterocycles. The second kappa shape index (κ2) is 5.66. The number of hydrogen-bond donors (Lipinski definition) is 0. The first kappa shape index (κ1) is 13.2. The number of carbonyl (C=O) groups excluding carboxylic acids is 1. The van der Waals surface area contributed by atoms with Crippen LogP contribution in [0.4, 0.5) is 0 Å². The van der Waals surface area contributed by atoms with Crippen molar-refractivity contribution in [2.45, 2.75) is 45.6 Å². The quantitative estimate of drug-likeness (QED) is 0.798. The third-order valence-corrected chi connectivity index (χ3v) is 5.84. The van der Waals surface area contributed by atoms with Gasteiger partial charge in [0, 0.05) is 17.8 Å². The molecule has 1 amide bonds. The highest BCUT2D eigenvalue weighted by Crippen LogP contribution is 2.49. The third kappa shape index (κ3) is 2.86. The monoisotopic (exact) mass is 277 g/mol. The number of rotatable bonds is 5. The van der Waals surface area contributed by atoms with Crippen LogP contribution in [0.15, 0.2) is 17.5 Å². The van der Waals surface area contributed by atoms with Crippen LogP contribution < -0.4 is 0 Å². The second-order valence-electron chi connectivity index (χ2n) is 6.13. The molecular formula is C16H23NOS.